The summed E-state index contributed by atoms with van der Waals surface area (Å²) in [5, 5.41) is 13.5. The number of fused-ring (bicyclic) bond motifs is 1. The smallest absolute Gasteiger partial charge is 0.410 e. The highest BCUT2D eigenvalue weighted by atomic mass is 16.6. The van der Waals surface area contributed by atoms with Crippen molar-refractivity contribution < 1.29 is 14.6 Å². The van der Waals surface area contributed by atoms with Gasteiger partial charge >= 0.3 is 6.09 Å². The Bertz CT molecular complexity index is 488. The third kappa shape index (κ3) is 2.89. The summed E-state index contributed by atoms with van der Waals surface area (Å²) < 4.78 is 7.11. The predicted molar refractivity (Wildman–Crippen MR) is 69.5 cm³/mol. The Morgan fingerprint density at radius 3 is 2.74 bits per heavy atom. The first-order chi connectivity index (χ1) is 8.81. The van der Waals surface area contributed by atoms with E-state index in [2.05, 4.69) is 5.10 Å². The van der Waals surface area contributed by atoms with Gasteiger partial charge in [-0.15, -0.1) is 0 Å². The number of hydrogen-bond acceptors (Lipinski definition) is 4. The number of carbonyl (C=O) groups excluding carboxylic acids is 1. The van der Waals surface area contributed by atoms with Gasteiger partial charge < -0.3 is 14.7 Å². The Morgan fingerprint density at radius 1 is 1.47 bits per heavy atom. The van der Waals surface area contributed by atoms with Gasteiger partial charge in [0.1, 0.15) is 5.60 Å². The average molecular weight is 267 g/mol. The van der Waals surface area contributed by atoms with Gasteiger partial charge in [-0.25, -0.2) is 4.79 Å². The fourth-order valence-electron chi connectivity index (χ4n) is 2.27. The van der Waals surface area contributed by atoms with Gasteiger partial charge in [0.05, 0.1) is 24.5 Å². The van der Waals surface area contributed by atoms with E-state index in [1.807, 2.05) is 27.8 Å². The van der Waals surface area contributed by atoms with Gasteiger partial charge in [0.15, 0.2) is 0 Å². The maximum absolute atomic E-state index is 12.0. The van der Waals surface area contributed by atoms with E-state index in [9.17, 15) is 9.90 Å². The van der Waals surface area contributed by atoms with Crippen LogP contribution in [0.15, 0.2) is 0 Å². The lowest BCUT2D eigenvalue weighted by atomic mass is 10.0. The van der Waals surface area contributed by atoms with Crippen molar-refractivity contribution in [2.75, 3.05) is 6.54 Å². The van der Waals surface area contributed by atoms with Crippen LogP contribution in [0.3, 0.4) is 0 Å². The van der Waals surface area contributed by atoms with Crippen molar-refractivity contribution in [2.45, 2.75) is 45.9 Å². The number of amides is 1. The molecule has 0 aromatic carbocycles. The molecular weight excluding hydrogens is 246 g/mol. The van der Waals surface area contributed by atoms with Crippen molar-refractivity contribution in [1.82, 2.24) is 14.7 Å². The summed E-state index contributed by atoms with van der Waals surface area (Å²) >= 11 is 0. The molecule has 2 rings (SSSR count). The minimum Gasteiger partial charge on any atom is -0.444 e. The lowest BCUT2D eigenvalue weighted by molar-refractivity contribution is 0.0219. The summed E-state index contributed by atoms with van der Waals surface area (Å²) in [6.45, 7) is 6.58. The van der Waals surface area contributed by atoms with E-state index in [0.29, 0.717) is 25.2 Å². The van der Waals surface area contributed by atoms with E-state index >= 15 is 0 Å². The average Bonchev–Trinajstić information content (AvgIpc) is 2.63. The lowest BCUT2D eigenvalue weighted by Crippen LogP contribution is -2.40. The second-order valence-corrected chi connectivity index (χ2v) is 5.81. The second kappa shape index (κ2) is 4.85. The summed E-state index contributed by atoms with van der Waals surface area (Å²) in [5.41, 5.74) is 2.26. The summed E-state index contributed by atoms with van der Waals surface area (Å²) in [6, 6.07) is 0. The Kier molecular flexibility index (Phi) is 3.54. The van der Waals surface area contributed by atoms with Gasteiger partial charge in [0, 0.05) is 19.2 Å². The third-order valence-corrected chi connectivity index (χ3v) is 3.13. The molecule has 0 radical (unpaired) electrons. The summed E-state index contributed by atoms with van der Waals surface area (Å²) in [5.74, 6) is 0. The minimum atomic E-state index is -0.486. The summed E-state index contributed by atoms with van der Waals surface area (Å²) in [4.78, 5) is 13.7. The van der Waals surface area contributed by atoms with Gasteiger partial charge in [-0.3, -0.25) is 4.68 Å². The highest BCUT2D eigenvalue weighted by molar-refractivity contribution is 5.68. The molecule has 0 atom stereocenters. The molecule has 0 spiro atoms. The Hall–Kier alpha value is -1.56. The molecule has 0 saturated carbocycles. The minimum absolute atomic E-state index is 0.0599. The molecule has 6 nitrogen and oxygen atoms in total. The number of aliphatic hydroxyl groups excluding tert-OH is 1. The zero-order valence-corrected chi connectivity index (χ0v) is 11.9. The van der Waals surface area contributed by atoms with Crippen molar-refractivity contribution in [3.63, 3.8) is 0 Å². The number of aromatic nitrogens is 2. The molecule has 1 aromatic heterocycles. The van der Waals surface area contributed by atoms with Gasteiger partial charge in [-0.05, 0) is 27.2 Å². The Morgan fingerprint density at radius 2 is 2.16 bits per heavy atom. The molecule has 19 heavy (non-hydrogen) atoms. The van der Waals surface area contributed by atoms with Gasteiger partial charge in [0.25, 0.3) is 0 Å². The van der Waals surface area contributed by atoms with Crippen LogP contribution in [0, 0.1) is 0 Å². The fraction of sp³-hybridized carbons (Fsp3) is 0.692. The fourth-order valence-corrected chi connectivity index (χ4v) is 2.27. The molecule has 1 aliphatic rings. The van der Waals surface area contributed by atoms with Gasteiger partial charge in [0.2, 0.25) is 0 Å². The van der Waals surface area contributed by atoms with Crippen LogP contribution in [0.1, 0.15) is 37.7 Å². The zero-order chi connectivity index (χ0) is 14.2. The maximum atomic E-state index is 12.0. The van der Waals surface area contributed by atoms with Crippen LogP contribution in [-0.4, -0.2) is 38.0 Å². The van der Waals surface area contributed by atoms with Crippen LogP contribution in [0.2, 0.25) is 0 Å². The van der Waals surface area contributed by atoms with Crippen molar-refractivity contribution in [1.29, 1.82) is 0 Å². The second-order valence-electron chi connectivity index (χ2n) is 5.81. The topological polar surface area (TPSA) is 67.6 Å². The molecule has 1 aliphatic heterocycles. The van der Waals surface area contributed by atoms with Crippen molar-refractivity contribution in [3.05, 3.63) is 17.0 Å². The van der Waals surface area contributed by atoms with E-state index < -0.39 is 5.60 Å². The molecule has 6 heteroatoms. The number of aryl methyl sites for hydroxylation is 1. The first kappa shape index (κ1) is 13.9. The standard InChI is InChI=1S/C13H21N3O3/c1-13(2,3)19-12(18)16-6-5-9-10(8-17)14-15(4)11(9)7-16/h17H,5-8H2,1-4H3. The number of carbonyl (C=O) groups is 1. The SMILES string of the molecule is Cn1nc(CO)c2c1CN(C(=O)OC(C)(C)C)CC2. The van der Waals surface area contributed by atoms with Crippen LogP contribution in [-0.2, 0) is 31.4 Å². The van der Waals surface area contributed by atoms with Crippen LogP contribution >= 0.6 is 0 Å². The van der Waals surface area contributed by atoms with Crippen molar-refractivity contribution in [2.24, 2.45) is 7.05 Å². The summed E-state index contributed by atoms with van der Waals surface area (Å²) in [7, 11) is 1.83. The molecule has 1 amide bonds. The van der Waals surface area contributed by atoms with E-state index in [0.717, 1.165) is 11.3 Å². The van der Waals surface area contributed by atoms with E-state index in [1.165, 1.54) is 0 Å². The summed E-state index contributed by atoms with van der Waals surface area (Å²) in [6.07, 6.45) is 0.406. The highest BCUT2D eigenvalue weighted by Crippen LogP contribution is 2.23. The first-order valence-corrected chi connectivity index (χ1v) is 6.44. The molecule has 0 unspecified atom stereocenters. The van der Waals surface area contributed by atoms with Crippen LogP contribution < -0.4 is 0 Å². The molecule has 0 aliphatic carbocycles. The number of rotatable bonds is 1. The molecule has 1 N–H and O–H groups in total. The van der Waals surface area contributed by atoms with E-state index in [4.69, 9.17) is 4.74 Å². The predicted octanol–water partition coefficient (Wildman–Crippen LogP) is 1.21. The Labute approximate surface area is 113 Å². The van der Waals surface area contributed by atoms with Gasteiger partial charge in [-0.1, -0.05) is 0 Å². The number of hydrogen-bond donors (Lipinski definition) is 1. The maximum Gasteiger partial charge on any atom is 0.410 e. The van der Waals surface area contributed by atoms with Crippen LogP contribution in [0.5, 0.6) is 0 Å². The highest BCUT2D eigenvalue weighted by Gasteiger charge is 2.29. The van der Waals surface area contributed by atoms with Gasteiger partial charge in [-0.2, -0.15) is 5.10 Å². The Balaban J connectivity index is 2.14. The number of nitrogens with zero attached hydrogens (tertiary/aromatic N) is 3. The zero-order valence-electron chi connectivity index (χ0n) is 11.9. The quantitative estimate of drug-likeness (QED) is 0.830. The van der Waals surface area contributed by atoms with E-state index in [1.54, 1.807) is 9.58 Å². The normalized spacial score (nSPS) is 15.3. The molecule has 1 aromatic rings. The number of ether oxygens (including phenoxy) is 1. The monoisotopic (exact) mass is 267 g/mol. The molecule has 0 saturated heterocycles. The van der Waals surface area contributed by atoms with Crippen LogP contribution in [0.4, 0.5) is 4.79 Å². The van der Waals surface area contributed by atoms with Crippen LogP contribution in [0.25, 0.3) is 0 Å². The molecule has 0 bridgehead atoms. The molecule has 106 valence electrons. The van der Waals surface area contributed by atoms with Crippen molar-refractivity contribution >= 4 is 6.09 Å². The largest absolute Gasteiger partial charge is 0.444 e. The van der Waals surface area contributed by atoms with Crippen molar-refractivity contribution in [3.8, 4) is 0 Å². The van der Waals surface area contributed by atoms with E-state index in [-0.39, 0.29) is 12.7 Å². The lowest BCUT2D eigenvalue weighted by Gasteiger charge is -2.30. The molecule has 0 fully saturated rings. The first-order valence-electron chi connectivity index (χ1n) is 6.44. The molecular formula is C13H21N3O3. The number of aliphatic hydroxyl groups is 1. The third-order valence-electron chi connectivity index (χ3n) is 3.13. The molecule has 2 heterocycles.